The van der Waals surface area contributed by atoms with Gasteiger partial charge < -0.3 is 14.4 Å². The van der Waals surface area contributed by atoms with E-state index < -0.39 is 33.7 Å². The van der Waals surface area contributed by atoms with Crippen LogP contribution in [0.15, 0.2) is 18.2 Å². The largest absolute Gasteiger partial charge is 0.444 e. The monoisotopic (exact) mass is 465 g/mol. The molecular formula is C20H29ClFNO6S. The van der Waals surface area contributed by atoms with Crippen LogP contribution in [-0.2, 0) is 23.8 Å². The molecule has 0 aromatic heterocycles. The summed E-state index contributed by atoms with van der Waals surface area (Å²) in [5.41, 5.74) is -0.361. The zero-order chi connectivity index (χ0) is 22.5. The van der Waals surface area contributed by atoms with Crippen LogP contribution < -0.4 is 0 Å². The van der Waals surface area contributed by atoms with Crippen LogP contribution in [-0.4, -0.2) is 57.6 Å². The maximum Gasteiger partial charge on any atom is 0.410 e. The van der Waals surface area contributed by atoms with Gasteiger partial charge in [0.05, 0.1) is 30.6 Å². The van der Waals surface area contributed by atoms with E-state index in [1.165, 1.54) is 6.07 Å². The molecule has 1 aromatic carbocycles. The molecule has 1 heterocycles. The van der Waals surface area contributed by atoms with Crippen molar-refractivity contribution in [2.24, 2.45) is 5.92 Å². The van der Waals surface area contributed by atoms with E-state index in [1.807, 2.05) is 0 Å². The van der Waals surface area contributed by atoms with Gasteiger partial charge in [0.25, 0.3) is 10.1 Å². The van der Waals surface area contributed by atoms with E-state index in [1.54, 1.807) is 37.8 Å². The lowest BCUT2D eigenvalue weighted by atomic mass is 9.88. The highest BCUT2D eigenvalue weighted by Crippen LogP contribution is 2.36. The maximum atomic E-state index is 14.7. The van der Waals surface area contributed by atoms with Crippen molar-refractivity contribution >= 4 is 27.8 Å². The molecule has 170 valence electrons. The number of rotatable bonds is 7. The first-order valence-corrected chi connectivity index (χ1v) is 11.9. The summed E-state index contributed by atoms with van der Waals surface area (Å²) < 4.78 is 53.1. The Labute approximate surface area is 182 Å². The van der Waals surface area contributed by atoms with Crippen molar-refractivity contribution in [3.8, 4) is 0 Å². The summed E-state index contributed by atoms with van der Waals surface area (Å²) >= 11 is 5.95. The summed E-state index contributed by atoms with van der Waals surface area (Å²) in [6.45, 7) is 5.97. The molecule has 1 unspecified atom stereocenters. The van der Waals surface area contributed by atoms with Crippen LogP contribution in [0.4, 0.5) is 9.18 Å². The Morgan fingerprint density at radius 1 is 1.33 bits per heavy atom. The summed E-state index contributed by atoms with van der Waals surface area (Å²) in [6.07, 6.45) is 1.19. The summed E-state index contributed by atoms with van der Waals surface area (Å²) in [5.74, 6) is -0.819. The van der Waals surface area contributed by atoms with Gasteiger partial charge in [0.15, 0.2) is 0 Å². The molecule has 10 heteroatoms. The van der Waals surface area contributed by atoms with E-state index in [0.29, 0.717) is 25.9 Å². The molecule has 1 aliphatic rings. The van der Waals surface area contributed by atoms with Crippen LogP contribution in [0.5, 0.6) is 0 Å². The van der Waals surface area contributed by atoms with Crippen LogP contribution in [0, 0.1) is 11.7 Å². The fourth-order valence-electron chi connectivity index (χ4n) is 3.33. The van der Waals surface area contributed by atoms with E-state index in [9.17, 15) is 17.6 Å². The molecule has 1 aromatic rings. The Hall–Kier alpha value is -1.42. The molecule has 0 radical (unpaired) electrons. The van der Waals surface area contributed by atoms with Crippen molar-refractivity contribution in [2.75, 3.05) is 32.6 Å². The number of carbonyl (C=O) groups excluding carboxylic acids is 1. The second-order valence-corrected chi connectivity index (χ2v) is 10.3. The number of carbonyl (C=O) groups is 1. The Kier molecular flexibility index (Phi) is 8.50. The van der Waals surface area contributed by atoms with Crippen molar-refractivity contribution < 1.29 is 31.3 Å². The normalized spacial score (nSPS) is 18.9. The Morgan fingerprint density at radius 3 is 2.67 bits per heavy atom. The molecule has 1 fully saturated rings. The van der Waals surface area contributed by atoms with Gasteiger partial charge in [0, 0.05) is 24.6 Å². The molecule has 0 N–H and O–H groups in total. The lowest BCUT2D eigenvalue weighted by Gasteiger charge is -2.37. The van der Waals surface area contributed by atoms with Gasteiger partial charge in [-0.2, -0.15) is 8.42 Å². The number of likely N-dealkylation sites (tertiary alicyclic amines) is 1. The summed E-state index contributed by atoms with van der Waals surface area (Å²) in [7, 11) is -3.61. The molecule has 30 heavy (non-hydrogen) atoms. The van der Waals surface area contributed by atoms with Crippen LogP contribution >= 0.6 is 11.6 Å². The van der Waals surface area contributed by atoms with E-state index in [2.05, 4.69) is 0 Å². The van der Waals surface area contributed by atoms with Crippen LogP contribution in [0.1, 0.15) is 45.3 Å². The molecule has 1 aliphatic heterocycles. The summed E-state index contributed by atoms with van der Waals surface area (Å²) in [5, 5.41) is -0.0340. The van der Waals surface area contributed by atoms with Crippen LogP contribution in [0.2, 0.25) is 5.02 Å². The van der Waals surface area contributed by atoms with Crippen LogP contribution in [0.3, 0.4) is 0 Å². The minimum absolute atomic E-state index is 0.0340. The van der Waals surface area contributed by atoms with Gasteiger partial charge in [-0.15, -0.1) is 0 Å². The number of halogens is 2. The number of benzene rings is 1. The van der Waals surface area contributed by atoms with Crippen molar-refractivity contribution in [3.05, 3.63) is 34.6 Å². The molecule has 0 spiro atoms. The number of nitrogens with zero attached hydrogens (tertiary/aromatic N) is 1. The number of ether oxygens (including phenoxy) is 2. The molecule has 2 atom stereocenters. The minimum atomic E-state index is -3.61. The molecule has 1 saturated heterocycles. The topological polar surface area (TPSA) is 82.1 Å². The molecule has 0 saturated carbocycles. The van der Waals surface area contributed by atoms with Gasteiger partial charge >= 0.3 is 6.09 Å². The Balaban J connectivity index is 2.18. The van der Waals surface area contributed by atoms with Gasteiger partial charge in [-0.1, -0.05) is 23.7 Å². The maximum absolute atomic E-state index is 14.7. The highest BCUT2D eigenvalue weighted by Gasteiger charge is 2.34. The average molecular weight is 466 g/mol. The van der Waals surface area contributed by atoms with E-state index in [0.717, 1.165) is 6.26 Å². The third-order valence-electron chi connectivity index (χ3n) is 4.50. The molecule has 0 bridgehead atoms. The van der Waals surface area contributed by atoms with Crippen molar-refractivity contribution in [1.29, 1.82) is 0 Å². The van der Waals surface area contributed by atoms with E-state index in [4.69, 9.17) is 25.3 Å². The predicted molar refractivity (Wildman–Crippen MR) is 111 cm³/mol. The summed E-state index contributed by atoms with van der Waals surface area (Å²) in [6, 6.07) is 4.65. The lowest BCUT2D eigenvalue weighted by molar-refractivity contribution is -0.0335. The molecule has 2 rings (SSSR count). The minimum Gasteiger partial charge on any atom is -0.444 e. The first-order chi connectivity index (χ1) is 13.9. The fraction of sp³-hybridized carbons (Fsp3) is 0.650. The smallest absolute Gasteiger partial charge is 0.410 e. The quantitative estimate of drug-likeness (QED) is 0.444. The number of piperidine rings is 1. The highest BCUT2D eigenvalue weighted by molar-refractivity contribution is 7.85. The zero-order valence-corrected chi connectivity index (χ0v) is 19.3. The Morgan fingerprint density at radius 2 is 2.03 bits per heavy atom. The van der Waals surface area contributed by atoms with Crippen molar-refractivity contribution in [2.45, 2.75) is 45.3 Å². The third-order valence-corrected chi connectivity index (χ3v) is 5.39. The first-order valence-electron chi connectivity index (χ1n) is 9.75. The van der Waals surface area contributed by atoms with Crippen molar-refractivity contribution in [1.82, 2.24) is 4.90 Å². The van der Waals surface area contributed by atoms with Gasteiger partial charge in [-0.05, 0) is 39.7 Å². The Bertz CT molecular complexity index is 842. The lowest BCUT2D eigenvalue weighted by Crippen LogP contribution is -2.44. The van der Waals surface area contributed by atoms with Gasteiger partial charge in [-0.25, -0.2) is 9.18 Å². The number of hydrogen-bond acceptors (Lipinski definition) is 6. The number of hydrogen-bond donors (Lipinski definition) is 0. The number of amides is 1. The predicted octanol–water partition coefficient (Wildman–Crippen LogP) is 4.16. The van der Waals surface area contributed by atoms with Gasteiger partial charge in [0.2, 0.25) is 0 Å². The molecule has 7 nitrogen and oxygen atoms in total. The molecule has 0 aliphatic carbocycles. The van der Waals surface area contributed by atoms with Gasteiger partial charge in [-0.3, -0.25) is 4.18 Å². The van der Waals surface area contributed by atoms with Gasteiger partial charge in [0.1, 0.15) is 11.4 Å². The van der Waals surface area contributed by atoms with E-state index >= 15 is 0 Å². The fourth-order valence-corrected chi connectivity index (χ4v) is 3.88. The third kappa shape index (κ3) is 7.68. The second kappa shape index (κ2) is 10.3. The first kappa shape index (κ1) is 24.8. The standard InChI is InChI=1S/C20H29ClFNO6S/c1-20(2,3)29-19(24)23-10-6-7-14(13-23)18(27-11-12-28-30(4,25)26)15-8-5-9-16(21)17(15)22/h5,8-9,14,18H,6-7,10-13H2,1-4H3/t14-,18?/m1/s1. The summed E-state index contributed by atoms with van der Waals surface area (Å²) in [4.78, 5) is 14.1. The van der Waals surface area contributed by atoms with Crippen LogP contribution in [0.25, 0.3) is 0 Å². The molecule has 1 amide bonds. The van der Waals surface area contributed by atoms with E-state index in [-0.39, 0.29) is 29.7 Å². The van der Waals surface area contributed by atoms with Crippen molar-refractivity contribution in [3.63, 3.8) is 0 Å². The second-order valence-electron chi connectivity index (χ2n) is 8.29. The zero-order valence-electron chi connectivity index (χ0n) is 17.7. The SMILES string of the molecule is CC(C)(C)OC(=O)N1CCC[C@@H](C(OCCOS(C)(=O)=O)c2cccc(Cl)c2F)C1. The average Bonchev–Trinajstić information content (AvgIpc) is 2.62. The highest BCUT2D eigenvalue weighted by atomic mass is 35.5. The molecular weight excluding hydrogens is 437 g/mol.